The number of hydrogen-bond donors (Lipinski definition) is 0. The smallest absolute Gasteiger partial charge is 0.280 e. The van der Waals surface area contributed by atoms with E-state index >= 15 is 0 Å². The minimum absolute atomic E-state index is 0.0858. The molecule has 0 N–H and O–H groups in total. The van der Waals surface area contributed by atoms with E-state index in [0.717, 1.165) is 11.2 Å². The summed E-state index contributed by atoms with van der Waals surface area (Å²) in [6.07, 6.45) is 4.27. The molecule has 2 aromatic heterocycles. The first-order chi connectivity index (χ1) is 13.0. The molecule has 0 spiro atoms. The van der Waals surface area contributed by atoms with E-state index in [-0.39, 0.29) is 11.5 Å². The third-order valence-electron chi connectivity index (χ3n) is 4.66. The summed E-state index contributed by atoms with van der Waals surface area (Å²) in [5.74, 6) is 0.530. The van der Waals surface area contributed by atoms with Crippen LogP contribution in [0.4, 0.5) is 0 Å². The molecule has 1 amide bonds. The Balaban J connectivity index is 1.69. The Kier molecular flexibility index (Phi) is 4.49. The van der Waals surface area contributed by atoms with Gasteiger partial charge in [0.05, 0.1) is 10.9 Å². The predicted molar refractivity (Wildman–Crippen MR) is 105 cm³/mol. The number of halogens is 1. The lowest BCUT2D eigenvalue weighted by Gasteiger charge is -2.28. The van der Waals surface area contributed by atoms with Crippen LogP contribution in [0.1, 0.15) is 22.7 Å². The second-order valence-corrected chi connectivity index (χ2v) is 6.81. The van der Waals surface area contributed by atoms with Gasteiger partial charge in [-0.2, -0.15) is 4.98 Å². The number of hydrogen-bond acceptors (Lipinski definition) is 4. The Labute approximate surface area is 160 Å². The van der Waals surface area contributed by atoms with Gasteiger partial charge in [-0.05, 0) is 43.3 Å². The lowest BCUT2D eigenvalue weighted by molar-refractivity contribution is 0.0766. The van der Waals surface area contributed by atoms with Gasteiger partial charge in [0.2, 0.25) is 0 Å². The number of nitrogens with zero attached hydrogens (tertiary/aromatic N) is 4. The van der Waals surface area contributed by atoms with Crippen LogP contribution in [-0.2, 0) is 0 Å². The molecule has 0 unspecified atom stereocenters. The molecule has 1 aromatic carbocycles. The number of carbonyl (C=O) groups is 1. The van der Waals surface area contributed by atoms with Gasteiger partial charge in [0, 0.05) is 36.4 Å². The maximum absolute atomic E-state index is 12.6. The Bertz CT molecular complexity index is 1120. The zero-order valence-corrected chi connectivity index (χ0v) is 15.5. The molecule has 0 saturated heterocycles. The standard InChI is InChI=1S/C20H17ClN4O2/c1-13-23-19(26)16-12-14(21)5-6-18(16)25(13)15-7-10-24(11-8-15)20(27)17-4-2-3-9-22-17/h2-7,9,12H,8,10-11H2,1H3. The van der Waals surface area contributed by atoms with Crippen molar-refractivity contribution < 1.29 is 4.79 Å². The Morgan fingerprint density at radius 3 is 2.78 bits per heavy atom. The molecule has 1 aliphatic rings. The van der Waals surface area contributed by atoms with Crippen LogP contribution in [0.25, 0.3) is 16.6 Å². The molecule has 3 aromatic rings. The van der Waals surface area contributed by atoms with Gasteiger partial charge in [0.15, 0.2) is 0 Å². The van der Waals surface area contributed by atoms with Crippen LogP contribution in [-0.4, -0.2) is 38.4 Å². The molecule has 7 heteroatoms. The molecule has 4 rings (SSSR count). The first-order valence-electron chi connectivity index (χ1n) is 8.63. The molecule has 1 aliphatic heterocycles. The molecule has 0 saturated carbocycles. The number of amides is 1. The highest BCUT2D eigenvalue weighted by atomic mass is 35.5. The average molecular weight is 381 g/mol. The van der Waals surface area contributed by atoms with Gasteiger partial charge in [-0.1, -0.05) is 17.7 Å². The lowest BCUT2D eigenvalue weighted by atomic mass is 10.1. The van der Waals surface area contributed by atoms with Crippen molar-refractivity contribution in [2.24, 2.45) is 0 Å². The Hall–Kier alpha value is -2.99. The molecule has 0 aliphatic carbocycles. The van der Waals surface area contributed by atoms with Gasteiger partial charge < -0.3 is 9.47 Å². The average Bonchev–Trinajstić information content (AvgIpc) is 2.69. The first-order valence-corrected chi connectivity index (χ1v) is 9.01. The highest BCUT2D eigenvalue weighted by molar-refractivity contribution is 6.31. The summed E-state index contributed by atoms with van der Waals surface area (Å²) >= 11 is 6.04. The monoisotopic (exact) mass is 380 g/mol. The van der Waals surface area contributed by atoms with Gasteiger partial charge in [0.1, 0.15) is 11.5 Å². The van der Waals surface area contributed by atoms with Crippen LogP contribution < -0.4 is 5.56 Å². The largest absolute Gasteiger partial charge is 0.333 e. The second-order valence-electron chi connectivity index (χ2n) is 6.37. The van der Waals surface area contributed by atoms with Crippen LogP contribution in [0, 0.1) is 6.92 Å². The highest BCUT2D eigenvalue weighted by Crippen LogP contribution is 2.24. The fourth-order valence-corrected chi connectivity index (χ4v) is 3.54. The van der Waals surface area contributed by atoms with Crippen LogP contribution in [0.15, 0.2) is 53.5 Å². The summed E-state index contributed by atoms with van der Waals surface area (Å²) < 4.78 is 1.97. The van der Waals surface area contributed by atoms with Crippen molar-refractivity contribution in [3.8, 4) is 0 Å². The van der Waals surface area contributed by atoms with Crippen molar-refractivity contribution >= 4 is 34.1 Å². The zero-order valence-electron chi connectivity index (χ0n) is 14.7. The van der Waals surface area contributed by atoms with E-state index in [2.05, 4.69) is 9.97 Å². The van der Waals surface area contributed by atoms with Crippen molar-refractivity contribution in [3.05, 3.63) is 75.6 Å². The predicted octanol–water partition coefficient (Wildman–Crippen LogP) is 3.14. The molecule has 6 nitrogen and oxygen atoms in total. The van der Waals surface area contributed by atoms with Crippen LogP contribution in [0.2, 0.25) is 5.02 Å². The molecule has 0 bridgehead atoms. The lowest BCUT2D eigenvalue weighted by Crippen LogP contribution is -2.36. The zero-order chi connectivity index (χ0) is 19.0. The third-order valence-corrected chi connectivity index (χ3v) is 4.90. The molecule has 3 heterocycles. The topological polar surface area (TPSA) is 68.1 Å². The number of rotatable bonds is 2. The quantitative estimate of drug-likeness (QED) is 0.685. The summed E-state index contributed by atoms with van der Waals surface area (Å²) in [6.45, 7) is 2.86. The van der Waals surface area contributed by atoms with Crippen molar-refractivity contribution in [1.82, 2.24) is 19.4 Å². The van der Waals surface area contributed by atoms with Crippen LogP contribution in [0.3, 0.4) is 0 Å². The van der Waals surface area contributed by atoms with Gasteiger partial charge in [-0.3, -0.25) is 14.6 Å². The molecule has 27 heavy (non-hydrogen) atoms. The van der Waals surface area contributed by atoms with Gasteiger partial charge in [-0.25, -0.2) is 0 Å². The number of aryl methyl sites for hydroxylation is 1. The fraction of sp³-hybridized carbons (Fsp3) is 0.200. The summed E-state index contributed by atoms with van der Waals surface area (Å²) in [5, 5.41) is 0.988. The van der Waals surface area contributed by atoms with Crippen molar-refractivity contribution in [1.29, 1.82) is 0 Å². The SMILES string of the molecule is Cc1nc(=O)c2cc(Cl)ccc2n1C1=CCN(C(=O)c2ccccn2)CC1. The number of aromatic nitrogens is 3. The van der Waals surface area contributed by atoms with Crippen molar-refractivity contribution in [2.75, 3.05) is 13.1 Å². The third kappa shape index (κ3) is 3.24. The molecule has 0 atom stereocenters. The molecular formula is C20H17ClN4O2. The van der Waals surface area contributed by atoms with E-state index in [1.54, 1.807) is 41.4 Å². The van der Waals surface area contributed by atoms with Gasteiger partial charge >= 0.3 is 0 Å². The summed E-state index contributed by atoms with van der Waals surface area (Å²) in [4.78, 5) is 34.8. The van der Waals surface area contributed by atoms with E-state index in [0.29, 0.717) is 41.4 Å². The van der Waals surface area contributed by atoms with E-state index in [1.165, 1.54) is 0 Å². The van der Waals surface area contributed by atoms with E-state index in [1.807, 2.05) is 23.6 Å². The highest BCUT2D eigenvalue weighted by Gasteiger charge is 2.21. The molecule has 0 radical (unpaired) electrons. The van der Waals surface area contributed by atoms with Gasteiger partial charge in [-0.15, -0.1) is 0 Å². The van der Waals surface area contributed by atoms with Crippen molar-refractivity contribution in [3.63, 3.8) is 0 Å². The number of benzene rings is 1. The molecular weight excluding hydrogens is 364 g/mol. The normalized spacial score (nSPS) is 14.3. The minimum atomic E-state index is -0.287. The van der Waals surface area contributed by atoms with Crippen LogP contribution in [0.5, 0.6) is 0 Å². The number of fused-ring (bicyclic) bond motifs is 1. The summed E-state index contributed by atoms with van der Waals surface area (Å²) in [6, 6.07) is 10.5. The van der Waals surface area contributed by atoms with E-state index in [9.17, 15) is 9.59 Å². The van der Waals surface area contributed by atoms with Crippen LogP contribution >= 0.6 is 11.6 Å². The summed E-state index contributed by atoms with van der Waals surface area (Å²) in [7, 11) is 0. The van der Waals surface area contributed by atoms with Crippen molar-refractivity contribution in [2.45, 2.75) is 13.3 Å². The summed E-state index contributed by atoms with van der Waals surface area (Å²) in [5.41, 5.74) is 1.94. The number of pyridine rings is 1. The van der Waals surface area contributed by atoms with Gasteiger partial charge in [0.25, 0.3) is 11.5 Å². The first kappa shape index (κ1) is 17.4. The Morgan fingerprint density at radius 1 is 1.22 bits per heavy atom. The van der Waals surface area contributed by atoms with E-state index < -0.39 is 0 Å². The molecule has 0 fully saturated rings. The minimum Gasteiger partial charge on any atom is -0.333 e. The second kappa shape index (κ2) is 6.96. The van der Waals surface area contributed by atoms with E-state index in [4.69, 9.17) is 11.6 Å². The molecule has 136 valence electrons. The maximum atomic E-state index is 12.6. The maximum Gasteiger partial charge on any atom is 0.280 e. The Morgan fingerprint density at radius 2 is 2.07 bits per heavy atom. The fourth-order valence-electron chi connectivity index (χ4n) is 3.37. The number of carbonyl (C=O) groups excluding carboxylic acids is 1.